The Balaban J connectivity index is 1.90. The highest BCUT2D eigenvalue weighted by atomic mass is 16.4. The number of likely N-dealkylation sites (tertiary alicyclic amines) is 1. The number of benzene rings is 1. The summed E-state index contributed by atoms with van der Waals surface area (Å²) in [6.07, 6.45) is 1.92. The van der Waals surface area contributed by atoms with Crippen molar-refractivity contribution in [3.8, 4) is 0 Å². The Kier molecular flexibility index (Phi) is 5.15. The van der Waals surface area contributed by atoms with Gasteiger partial charge in [0.25, 0.3) is 0 Å². The monoisotopic (exact) mass is 276 g/mol. The highest BCUT2D eigenvalue weighted by Crippen LogP contribution is 2.22. The summed E-state index contributed by atoms with van der Waals surface area (Å²) in [5.74, 6) is -0.311. The number of nitrogens with zero attached hydrogens (tertiary/aromatic N) is 1. The molecule has 2 atom stereocenters. The number of piperidine rings is 1. The van der Waals surface area contributed by atoms with Crippen molar-refractivity contribution < 1.29 is 9.90 Å². The Morgan fingerprint density at radius 2 is 2.05 bits per heavy atom. The van der Waals surface area contributed by atoms with Crippen LogP contribution in [-0.4, -0.2) is 35.1 Å². The summed E-state index contributed by atoms with van der Waals surface area (Å²) in [6.45, 7) is 4.84. The summed E-state index contributed by atoms with van der Waals surface area (Å²) in [4.78, 5) is 13.0. The van der Waals surface area contributed by atoms with Gasteiger partial charge in [0.15, 0.2) is 0 Å². The van der Waals surface area contributed by atoms with Crippen LogP contribution in [0.4, 0.5) is 0 Å². The average molecular weight is 276 g/mol. The topological polar surface area (TPSA) is 66.6 Å². The molecule has 2 rings (SSSR count). The zero-order chi connectivity index (χ0) is 14.5. The Hall–Kier alpha value is -1.39. The van der Waals surface area contributed by atoms with E-state index in [0.717, 1.165) is 32.5 Å². The van der Waals surface area contributed by atoms with Gasteiger partial charge in [0.2, 0.25) is 0 Å². The Labute approximate surface area is 120 Å². The summed E-state index contributed by atoms with van der Waals surface area (Å²) in [6, 6.07) is 8.72. The van der Waals surface area contributed by atoms with Crippen molar-refractivity contribution in [3.63, 3.8) is 0 Å². The van der Waals surface area contributed by atoms with Crippen molar-refractivity contribution in [3.05, 3.63) is 35.4 Å². The smallest absolute Gasteiger partial charge is 0.303 e. The number of nitrogens with two attached hydrogens (primary N) is 1. The summed E-state index contributed by atoms with van der Waals surface area (Å²) < 4.78 is 0. The van der Waals surface area contributed by atoms with E-state index in [9.17, 15) is 4.79 Å². The Morgan fingerprint density at radius 3 is 2.70 bits per heavy atom. The van der Waals surface area contributed by atoms with Gasteiger partial charge in [-0.25, -0.2) is 0 Å². The van der Waals surface area contributed by atoms with E-state index in [1.54, 1.807) is 0 Å². The maximum absolute atomic E-state index is 10.7. The average Bonchev–Trinajstić information content (AvgIpc) is 2.38. The molecule has 0 spiro atoms. The van der Waals surface area contributed by atoms with Gasteiger partial charge in [-0.15, -0.1) is 0 Å². The first-order valence-corrected chi connectivity index (χ1v) is 7.28. The summed E-state index contributed by atoms with van der Waals surface area (Å²) in [5.41, 5.74) is 8.67. The number of carboxylic acid groups (broad SMARTS) is 1. The summed E-state index contributed by atoms with van der Waals surface area (Å²) in [7, 11) is 0. The normalized spacial score (nSPS) is 23.7. The first kappa shape index (κ1) is 15.0. The van der Waals surface area contributed by atoms with E-state index < -0.39 is 5.97 Å². The molecule has 0 radical (unpaired) electrons. The standard InChI is InChI=1S/C16H24N2O2/c1-12-2-4-13(5-3-12)9-18-10-14(6-7-16(19)20)8-15(17)11-18/h2-5,14-15H,6-11,17H2,1H3,(H,19,20). The van der Waals surface area contributed by atoms with E-state index in [1.807, 2.05) is 0 Å². The predicted octanol–water partition coefficient (Wildman–Crippen LogP) is 2.01. The highest BCUT2D eigenvalue weighted by Gasteiger charge is 2.25. The van der Waals surface area contributed by atoms with Crippen LogP contribution in [0, 0.1) is 12.8 Å². The highest BCUT2D eigenvalue weighted by molar-refractivity contribution is 5.66. The van der Waals surface area contributed by atoms with Gasteiger partial charge in [-0.3, -0.25) is 9.69 Å². The third kappa shape index (κ3) is 4.62. The van der Waals surface area contributed by atoms with Gasteiger partial charge < -0.3 is 10.8 Å². The van der Waals surface area contributed by atoms with Gasteiger partial charge in [-0.1, -0.05) is 29.8 Å². The molecule has 2 unspecified atom stereocenters. The lowest BCUT2D eigenvalue weighted by atomic mass is 9.90. The van der Waals surface area contributed by atoms with Crippen molar-refractivity contribution in [2.45, 2.75) is 38.8 Å². The van der Waals surface area contributed by atoms with E-state index in [0.29, 0.717) is 5.92 Å². The molecular weight excluding hydrogens is 252 g/mol. The molecule has 0 saturated carbocycles. The van der Waals surface area contributed by atoms with Crippen LogP contribution in [0.2, 0.25) is 0 Å². The molecule has 1 saturated heterocycles. The molecule has 4 nitrogen and oxygen atoms in total. The molecular formula is C16H24N2O2. The minimum absolute atomic E-state index is 0.160. The zero-order valence-electron chi connectivity index (χ0n) is 12.1. The van der Waals surface area contributed by atoms with Gasteiger partial charge in [0.05, 0.1) is 0 Å². The number of aliphatic carboxylic acids is 1. The molecule has 0 aromatic heterocycles. The zero-order valence-corrected chi connectivity index (χ0v) is 12.1. The van der Waals surface area contributed by atoms with Crippen molar-refractivity contribution in [2.75, 3.05) is 13.1 Å². The quantitative estimate of drug-likeness (QED) is 0.863. The van der Waals surface area contributed by atoms with Crippen LogP contribution in [0.5, 0.6) is 0 Å². The number of aryl methyl sites for hydroxylation is 1. The molecule has 0 bridgehead atoms. The van der Waals surface area contributed by atoms with Crippen LogP contribution >= 0.6 is 0 Å². The lowest BCUT2D eigenvalue weighted by molar-refractivity contribution is -0.137. The van der Waals surface area contributed by atoms with Crippen LogP contribution in [0.3, 0.4) is 0 Å². The fourth-order valence-corrected chi connectivity index (χ4v) is 2.97. The van der Waals surface area contributed by atoms with Crippen LogP contribution < -0.4 is 5.73 Å². The fourth-order valence-electron chi connectivity index (χ4n) is 2.97. The van der Waals surface area contributed by atoms with Crippen molar-refractivity contribution in [1.29, 1.82) is 0 Å². The van der Waals surface area contributed by atoms with Gasteiger partial charge in [0, 0.05) is 32.1 Å². The van der Waals surface area contributed by atoms with Crippen LogP contribution in [-0.2, 0) is 11.3 Å². The predicted molar refractivity (Wildman–Crippen MR) is 79.4 cm³/mol. The molecule has 4 heteroatoms. The lowest BCUT2D eigenvalue weighted by Crippen LogP contribution is -2.46. The second kappa shape index (κ2) is 6.86. The third-order valence-electron chi connectivity index (χ3n) is 3.94. The SMILES string of the molecule is Cc1ccc(CN2CC(N)CC(CCC(=O)O)C2)cc1. The maximum Gasteiger partial charge on any atom is 0.303 e. The minimum Gasteiger partial charge on any atom is -0.481 e. The second-order valence-electron chi connectivity index (χ2n) is 5.97. The molecule has 1 heterocycles. The molecule has 0 amide bonds. The first-order chi connectivity index (χ1) is 9.52. The molecule has 1 fully saturated rings. The Bertz CT molecular complexity index is 444. The molecule has 0 aliphatic carbocycles. The fraction of sp³-hybridized carbons (Fsp3) is 0.562. The summed E-state index contributed by atoms with van der Waals surface area (Å²) >= 11 is 0. The molecule has 1 aliphatic rings. The van der Waals surface area contributed by atoms with Crippen LogP contribution in [0.15, 0.2) is 24.3 Å². The van der Waals surface area contributed by atoms with E-state index in [4.69, 9.17) is 10.8 Å². The third-order valence-corrected chi connectivity index (χ3v) is 3.94. The minimum atomic E-state index is -0.714. The van der Waals surface area contributed by atoms with Crippen molar-refractivity contribution in [1.82, 2.24) is 4.90 Å². The van der Waals surface area contributed by atoms with Crippen molar-refractivity contribution in [2.24, 2.45) is 11.7 Å². The molecule has 1 aromatic carbocycles. The maximum atomic E-state index is 10.7. The second-order valence-corrected chi connectivity index (χ2v) is 5.97. The number of carboxylic acids is 1. The number of hydrogen-bond donors (Lipinski definition) is 2. The Morgan fingerprint density at radius 1 is 1.35 bits per heavy atom. The van der Waals surface area contributed by atoms with Crippen LogP contribution in [0.1, 0.15) is 30.4 Å². The van der Waals surface area contributed by atoms with E-state index in [1.165, 1.54) is 11.1 Å². The van der Waals surface area contributed by atoms with Crippen molar-refractivity contribution >= 4 is 5.97 Å². The van der Waals surface area contributed by atoms with Crippen LogP contribution in [0.25, 0.3) is 0 Å². The first-order valence-electron chi connectivity index (χ1n) is 7.28. The van der Waals surface area contributed by atoms with E-state index in [-0.39, 0.29) is 12.5 Å². The van der Waals surface area contributed by atoms with E-state index in [2.05, 4.69) is 36.1 Å². The molecule has 3 N–H and O–H groups in total. The largest absolute Gasteiger partial charge is 0.481 e. The van der Waals surface area contributed by atoms with Gasteiger partial charge in [-0.2, -0.15) is 0 Å². The molecule has 20 heavy (non-hydrogen) atoms. The summed E-state index contributed by atoms with van der Waals surface area (Å²) in [5, 5.41) is 8.79. The molecule has 110 valence electrons. The number of carbonyl (C=O) groups is 1. The van der Waals surface area contributed by atoms with Gasteiger partial charge >= 0.3 is 5.97 Å². The van der Waals surface area contributed by atoms with Gasteiger partial charge in [-0.05, 0) is 31.2 Å². The molecule has 1 aromatic rings. The number of hydrogen-bond acceptors (Lipinski definition) is 3. The van der Waals surface area contributed by atoms with Gasteiger partial charge in [0.1, 0.15) is 0 Å². The molecule has 1 aliphatic heterocycles. The van der Waals surface area contributed by atoms with E-state index >= 15 is 0 Å². The number of rotatable bonds is 5. The lowest BCUT2D eigenvalue weighted by Gasteiger charge is -2.36.